The number of para-hydroxylation sites is 1. The first-order valence-corrected chi connectivity index (χ1v) is 8.57. The highest BCUT2D eigenvalue weighted by molar-refractivity contribution is 6.42. The average molecular weight is 427 g/mol. The standard InChI is InChI=1S/C19H14Cl2F2N2O3/c1-27-15-7-2-4-11(18(15)28-19(22)23)8-9-16(26)25-14(10-24)12-5-3-6-13(20)17(12)21/h2-9,14,19H,1H3,(H,25,26). The predicted molar refractivity (Wildman–Crippen MR) is 102 cm³/mol. The normalized spacial score (nSPS) is 11.9. The lowest BCUT2D eigenvalue weighted by atomic mass is 10.1. The van der Waals surface area contributed by atoms with Crippen LogP contribution in [0.3, 0.4) is 0 Å². The maximum Gasteiger partial charge on any atom is 0.387 e. The number of methoxy groups -OCH3 is 1. The summed E-state index contributed by atoms with van der Waals surface area (Å²) in [4.78, 5) is 12.2. The van der Waals surface area contributed by atoms with Gasteiger partial charge in [-0.25, -0.2) is 0 Å². The van der Waals surface area contributed by atoms with Gasteiger partial charge in [0.1, 0.15) is 6.04 Å². The Kier molecular flexibility index (Phi) is 7.61. The van der Waals surface area contributed by atoms with Gasteiger partial charge in [-0.2, -0.15) is 14.0 Å². The van der Waals surface area contributed by atoms with Gasteiger partial charge in [0.2, 0.25) is 5.91 Å². The van der Waals surface area contributed by atoms with Crippen LogP contribution in [-0.4, -0.2) is 19.6 Å². The van der Waals surface area contributed by atoms with Crippen molar-refractivity contribution in [2.75, 3.05) is 7.11 Å². The van der Waals surface area contributed by atoms with Crippen LogP contribution in [0.2, 0.25) is 10.0 Å². The van der Waals surface area contributed by atoms with E-state index in [1.807, 2.05) is 6.07 Å². The molecule has 146 valence electrons. The van der Waals surface area contributed by atoms with Gasteiger partial charge in [0.05, 0.1) is 23.2 Å². The van der Waals surface area contributed by atoms with Gasteiger partial charge >= 0.3 is 6.61 Å². The molecule has 0 aliphatic rings. The summed E-state index contributed by atoms with van der Waals surface area (Å²) in [6.07, 6.45) is 2.35. The topological polar surface area (TPSA) is 71.3 Å². The number of hydrogen-bond donors (Lipinski definition) is 1. The minimum absolute atomic E-state index is 0.0865. The Morgan fingerprint density at radius 3 is 2.61 bits per heavy atom. The number of carbonyl (C=O) groups is 1. The third-order valence-electron chi connectivity index (χ3n) is 3.56. The first-order valence-electron chi connectivity index (χ1n) is 7.81. The lowest BCUT2D eigenvalue weighted by Crippen LogP contribution is -2.26. The van der Waals surface area contributed by atoms with Crippen molar-refractivity contribution in [2.24, 2.45) is 0 Å². The highest BCUT2D eigenvalue weighted by Crippen LogP contribution is 2.33. The molecule has 9 heteroatoms. The molecule has 1 unspecified atom stereocenters. The van der Waals surface area contributed by atoms with E-state index in [4.69, 9.17) is 27.9 Å². The summed E-state index contributed by atoms with van der Waals surface area (Å²) in [5.41, 5.74) is 0.533. The van der Waals surface area contributed by atoms with Gasteiger partial charge in [-0.1, -0.05) is 47.5 Å². The summed E-state index contributed by atoms with van der Waals surface area (Å²) >= 11 is 12.0. The van der Waals surface area contributed by atoms with E-state index in [0.29, 0.717) is 5.56 Å². The molecule has 0 heterocycles. The number of halogens is 4. The van der Waals surface area contributed by atoms with Gasteiger partial charge in [0.15, 0.2) is 11.5 Å². The molecule has 1 atom stereocenters. The van der Waals surface area contributed by atoms with E-state index in [0.717, 1.165) is 6.08 Å². The number of nitrogens with one attached hydrogen (secondary N) is 1. The van der Waals surface area contributed by atoms with E-state index in [1.165, 1.54) is 25.3 Å². The molecule has 28 heavy (non-hydrogen) atoms. The Labute approximate surface area is 170 Å². The predicted octanol–water partition coefficient (Wildman–Crippen LogP) is 5.00. The molecule has 0 spiro atoms. The summed E-state index contributed by atoms with van der Waals surface area (Å²) in [6, 6.07) is 10.0. The number of ether oxygens (including phenoxy) is 2. The number of nitrogens with zero attached hydrogens (tertiary/aromatic N) is 1. The first-order chi connectivity index (χ1) is 13.4. The first kappa shape index (κ1) is 21.5. The van der Waals surface area contributed by atoms with Gasteiger partial charge in [0, 0.05) is 17.2 Å². The van der Waals surface area contributed by atoms with Gasteiger partial charge in [-0.15, -0.1) is 0 Å². The maximum atomic E-state index is 12.7. The molecular formula is C19H14Cl2F2N2O3. The van der Waals surface area contributed by atoms with Crippen LogP contribution in [0.15, 0.2) is 42.5 Å². The van der Waals surface area contributed by atoms with Crippen molar-refractivity contribution in [1.82, 2.24) is 5.32 Å². The number of nitriles is 1. The number of hydrogen-bond acceptors (Lipinski definition) is 4. The zero-order chi connectivity index (χ0) is 20.7. The van der Waals surface area contributed by atoms with Crippen LogP contribution in [0, 0.1) is 11.3 Å². The highest BCUT2D eigenvalue weighted by atomic mass is 35.5. The molecule has 0 aliphatic carbocycles. The van der Waals surface area contributed by atoms with Crippen molar-refractivity contribution in [2.45, 2.75) is 12.7 Å². The van der Waals surface area contributed by atoms with E-state index < -0.39 is 18.6 Å². The summed E-state index contributed by atoms with van der Waals surface area (Å²) in [5, 5.41) is 12.2. The summed E-state index contributed by atoms with van der Waals surface area (Å²) in [6.45, 7) is -3.06. The summed E-state index contributed by atoms with van der Waals surface area (Å²) < 4.78 is 34.8. The third-order valence-corrected chi connectivity index (χ3v) is 4.39. The molecule has 0 saturated heterocycles. The Bertz CT molecular complexity index is 930. The number of amides is 1. The van der Waals surface area contributed by atoms with Crippen molar-refractivity contribution in [3.63, 3.8) is 0 Å². The number of carbonyl (C=O) groups excluding carboxylic acids is 1. The monoisotopic (exact) mass is 426 g/mol. The van der Waals surface area contributed by atoms with Crippen LogP contribution >= 0.6 is 23.2 Å². The van der Waals surface area contributed by atoms with Gasteiger partial charge in [0.25, 0.3) is 0 Å². The van der Waals surface area contributed by atoms with E-state index in [1.54, 1.807) is 24.3 Å². The SMILES string of the molecule is COc1cccc(C=CC(=O)NC(C#N)c2cccc(Cl)c2Cl)c1OC(F)F. The lowest BCUT2D eigenvalue weighted by molar-refractivity contribution is -0.116. The minimum Gasteiger partial charge on any atom is -0.493 e. The van der Waals surface area contributed by atoms with E-state index in [9.17, 15) is 18.8 Å². The molecule has 5 nitrogen and oxygen atoms in total. The molecule has 0 aromatic heterocycles. The average Bonchev–Trinajstić information content (AvgIpc) is 2.67. The number of alkyl halides is 2. The number of benzene rings is 2. The van der Waals surface area contributed by atoms with Crippen molar-refractivity contribution in [3.05, 3.63) is 63.6 Å². The Hall–Kier alpha value is -2.82. The summed E-state index contributed by atoms with van der Waals surface area (Å²) in [5.74, 6) is -0.768. The van der Waals surface area contributed by atoms with Crippen LogP contribution in [0.25, 0.3) is 6.08 Å². The Morgan fingerprint density at radius 1 is 1.25 bits per heavy atom. The molecular weight excluding hydrogens is 413 g/mol. The zero-order valence-electron chi connectivity index (χ0n) is 14.5. The number of rotatable bonds is 7. The van der Waals surface area contributed by atoms with Crippen LogP contribution in [0.4, 0.5) is 8.78 Å². The fourth-order valence-electron chi connectivity index (χ4n) is 2.32. The van der Waals surface area contributed by atoms with Crippen LogP contribution in [-0.2, 0) is 4.79 Å². The van der Waals surface area contributed by atoms with Gasteiger partial charge < -0.3 is 14.8 Å². The van der Waals surface area contributed by atoms with Crippen molar-refractivity contribution in [1.29, 1.82) is 5.26 Å². The zero-order valence-corrected chi connectivity index (χ0v) is 16.0. The second-order valence-electron chi connectivity index (χ2n) is 5.30. The largest absolute Gasteiger partial charge is 0.493 e. The lowest BCUT2D eigenvalue weighted by Gasteiger charge is -2.13. The van der Waals surface area contributed by atoms with Crippen LogP contribution in [0.1, 0.15) is 17.2 Å². The second kappa shape index (κ2) is 9.93. The van der Waals surface area contributed by atoms with Gasteiger partial charge in [-0.05, 0) is 18.2 Å². The molecule has 0 radical (unpaired) electrons. The van der Waals surface area contributed by atoms with Crippen molar-refractivity contribution < 1.29 is 23.0 Å². The smallest absolute Gasteiger partial charge is 0.387 e. The maximum absolute atomic E-state index is 12.7. The fraction of sp³-hybridized carbons (Fsp3) is 0.158. The van der Waals surface area contributed by atoms with Crippen molar-refractivity contribution in [3.8, 4) is 17.6 Å². The molecule has 0 aliphatic heterocycles. The molecule has 2 aromatic rings. The highest BCUT2D eigenvalue weighted by Gasteiger charge is 2.18. The Morgan fingerprint density at radius 2 is 1.96 bits per heavy atom. The quantitative estimate of drug-likeness (QED) is 0.632. The van der Waals surface area contributed by atoms with Crippen molar-refractivity contribution >= 4 is 35.2 Å². The van der Waals surface area contributed by atoms with E-state index in [2.05, 4.69) is 10.1 Å². The second-order valence-corrected chi connectivity index (χ2v) is 6.09. The molecule has 0 bridgehead atoms. The molecule has 2 rings (SSSR count). The fourth-order valence-corrected chi connectivity index (χ4v) is 2.74. The van der Waals surface area contributed by atoms with E-state index in [-0.39, 0.29) is 27.1 Å². The molecule has 1 amide bonds. The Balaban J connectivity index is 2.22. The summed E-state index contributed by atoms with van der Waals surface area (Å²) in [7, 11) is 1.31. The molecule has 0 saturated carbocycles. The van der Waals surface area contributed by atoms with Crippen LogP contribution < -0.4 is 14.8 Å². The molecule has 2 aromatic carbocycles. The molecule has 1 N–H and O–H groups in total. The van der Waals surface area contributed by atoms with E-state index >= 15 is 0 Å². The minimum atomic E-state index is -3.06. The molecule has 0 fully saturated rings. The van der Waals surface area contributed by atoms with Crippen LogP contribution in [0.5, 0.6) is 11.5 Å². The third kappa shape index (κ3) is 5.35. The van der Waals surface area contributed by atoms with Gasteiger partial charge in [-0.3, -0.25) is 4.79 Å².